The van der Waals surface area contributed by atoms with E-state index in [4.69, 9.17) is 0 Å². The standard InChI is InChI=1S/C23H35N3O2/c1-19-8-14-25(15-9-19)13-3-2-12-24-23(28)21-10-16-26(17-11-21)22-6-4-20(18-27)5-7-22/h4-7,18-19,21H,2-3,8-17H2,1H3,(H,24,28). The molecular formula is C23H35N3O2. The predicted octanol–water partition coefficient (Wildman–Crippen LogP) is 3.34. The molecule has 0 radical (unpaired) electrons. The van der Waals surface area contributed by atoms with Crippen LogP contribution in [0.1, 0.15) is 55.8 Å². The van der Waals surface area contributed by atoms with Crippen molar-refractivity contribution >= 4 is 17.9 Å². The molecule has 1 amide bonds. The van der Waals surface area contributed by atoms with Crippen LogP contribution in [0, 0.1) is 11.8 Å². The molecule has 0 aromatic heterocycles. The highest BCUT2D eigenvalue weighted by Crippen LogP contribution is 2.23. The van der Waals surface area contributed by atoms with Crippen molar-refractivity contribution in [1.29, 1.82) is 0 Å². The summed E-state index contributed by atoms with van der Waals surface area (Å²) in [5.74, 6) is 1.24. The Bertz CT molecular complexity index is 615. The van der Waals surface area contributed by atoms with Gasteiger partial charge in [-0.3, -0.25) is 9.59 Å². The smallest absolute Gasteiger partial charge is 0.223 e. The van der Waals surface area contributed by atoms with Crippen LogP contribution in [0.15, 0.2) is 24.3 Å². The first-order valence-electron chi connectivity index (χ1n) is 11.0. The third kappa shape index (κ3) is 6.06. The lowest BCUT2D eigenvalue weighted by Crippen LogP contribution is -2.41. The molecule has 0 saturated carbocycles. The van der Waals surface area contributed by atoms with Crippen LogP contribution < -0.4 is 10.2 Å². The average Bonchev–Trinajstić information content (AvgIpc) is 2.75. The van der Waals surface area contributed by atoms with Crippen LogP contribution in [-0.4, -0.2) is 56.4 Å². The minimum Gasteiger partial charge on any atom is -0.371 e. The number of likely N-dealkylation sites (tertiary alicyclic amines) is 1. The summed E-state index contributed by atoms with van der Waals surface area (Å²) in [6, 6.07) is 7.69. The maximum atomic E-state index is 12.4. The van der Waals surface area contributed by atoms with Crippen LogP contribution in [0.3, 0.4) is 0 Å². The van der Waals surface area contributed by atoms with Crippen LogP contribution >= 0.6 is 0 Å². The largest absolute Gasteiger partial charge is 0.371 e. The second-order valence-corrected chi connectivity index (χ2v) is 8.49. The van der Waals surface area contributed by atoms with Gasteiger partial charge in [-0.1, -0.05) is 6.92 Å². The quantitative estimate of drug-likeness (QED) is 0.551. The molecule has 2 saturated heterocycles. The number of hydrogen-bond acceptors (Lipinski definition) is 4. The molecule has 0 bridgehead atoms. The van der Waals surface area contributed by atoms with Gasteiger partial charge in [0.25, 0.3) is 0 Å². The maximum absolute atomic E-state index is 12.4. The van der Waals surface area contributed by atoms with E-state index < -0.39 is 0 Å². The van der Waals surface area contributed by atoms with E-state index in [2.05, 4.69) is 22.0 Å². The van der Waals surface area contributed by atoms with E-state index in [0.29, 0.717) is 5.56 Å². The summed E-state index contributed by atoms with van der Waals surface area (Å²) >= 11 is 0. The molecule has 28 heavy (non-hydrogen) atoms. The van der Waals surface area contributed by atoms with Gasteiger partial charge in [-0.05, 0) is 88.3 Å². The molecule has 0 spiro atoms. The molecule has 5 nitrogen and oxygen atoms in total. The number of carbonyl (C=O) groups excluding carboxylic acids is 2. The average molecular weight is 386 g/mol. The molecule has 0 unspecified atom stereocenters. The Morgan fingerprint density at radius 3 is 2.36 bits per heavy atom. The lowest BCUT2D eigenvalue weighted by Gasteiger charge is -2.33. The highest BCUT2D eigenvalue weighted by atomic mass is 16.1. The van der Waals surface area contributed by atoms with Gasteiger partial charge in [0.15, 0.2) is 0 Å². The monoisotopic (exact) mass is 385 g/mol. The number of aldehydes is 1. The molecule has 0 atom stereocenters. The molecule has 2 heterocycles. The van der Waals surface area contributed by atoms with E-state index in [0.717, 1.165) is 56.8 Å². The molecule has 2 aliphatic rings. The number of carbonyl (C=O) groups is 2. The Balaban J connectivity index is 1.29. The number of hydrogen-bond donors (Lipinski definition) is 1. The lowest BCUT2D eigenvalue weighted by molar-refractivity contribution is -0.125. The first kappa shape index (κ1) is 20.8. The molecule has 5 heteroatoms. The first-order chi connectivity index (χ1) is 13.7. The summed E-state index contributed by atoms with van der Waals surface area (Å²) in [7, 11) is 0. The van der Waals surface area contributed by atoms with Crippen LogP contribution in [0.4, 0.5) is 5.69 Å². The van der Waals surface area contributed by atoms with Crippen LogP contribution in [0.25, 0.3) is 0 Å². The van der Waals surface area contributed by atoms with Crippen molar-refractivity contribution in [3.63, 3.8) is 0 Å². The van der Waals surface area contributed by atoms with Crippen LogP contribution in [0.2, 0.25) is 0 Å². The van der Waals surface area contributed by atoms with Crippen molar-refractivity contribution in [1.82, 2.24) is 10.2 Å². The molecule has 154 valence electrons. The Kier molecular flexibility index (Phi) is 7.90. The van der Waals surface area contributed by atoms with E-state index in [1.54, 1.807) is 0 Å². The fraction of sp³-hybridized carbons (Fsp3) is 0.652. The summed E-state index contributed by atoms with van der Waals surface area (Å²) < 4.78 is 0. The van der Waals surface area contributed by atoms with Crippen molar-refractivity contribution in [2.24, 2.45) is 11.8 Å². The topological polar surface area (TPSA) is 52.7 Å². The van der Waals surface area contributed by atoms with Crippen molar-refractivity contribution in [3.05, 3.63) is 29.8 Å². The minimum absolute atomic E-state index is 0.133. The van der Waals surface area contributed by atoms with Gasteiger partial charge in [0.2, 0.25) is 5.91 Å². The molecule has 1 N–H and O–H groups in total. The second kappa shape index (κ2) is 10.6. The second-order valence-electron chi connectivity index (χ2n) is 8.49. The first-order valence-corrected chi connectivity index (χ1v) is 11.0. The number of nitrogens with one attached hydrogen (secondary N) is 1. The number of unbranched alkanes of at least 4 members (excludes halogenated alkanes) is 1. The van der Waals surface area contributed by atoms with E-state index in [9.17, 15) is 9.59 Å². The fourth-order valence-electron chi connectivity index (χ4n) is 4.27. The number of rotatable bonds is 8. The summed E-state index contributed by atoms with van der Waals surface area (Å²) in [5, 5.41) is 3.15. The lowest BCUT2D eigenvalue weighted by atomic mass is 9.95. The third-order valence-electron chi connectivity index (χ3n) is 6.34. The summed E-state index contributed by atoms with van der Waals surface area (Å²) in [4.78, 5) is 28.1. The molecule has 1 aromatic carbocycles. The van der Waals surface area contributed by atoms with E-state index >= 15 is 0 Å². The molecular weight excluding hydrogens is 350 g/mol. The Labute approximate surface area is 169 Å². The maximum Gasteiger partial charge on any atom is 0.223 e. The van der Waals surface area contributed by atoms with Crippen LogP contribution in [0.5, 0.6) is 0 Å². The predicted molar refractivity (Wildman–Crippen MR) is 114 cm³/mol. The van der Waals surface area contributed by atoms with Gasteiger partial charge in [0, 0.05) is 36.8 Å². The number of nitrogens with zero attached hydrogens (tertiary/aromatic N) is 2. The van der Waals surface area contributed by atoms with Gasteiger partial charge >= 0.3 is 0 Å². The third-order valence-corrected chi connectivity index (χ3v) is 6.34. The highest BCUT2D eigenvalue weighted by molar-refractivity contribution is 5.79. The number of anilines is 1. The Morgan fingerprint density at radius 1 is 1.04 bits per heavy atom. The summed E-state index contributed by atoms with van der Waals surface area (Å²) in [6.45, 7) is 8.59. The number of benzene rings is 1. The van der Waals surface area contributed by atoms with Gasteiger partial charge in [-0.15, -0.1) is 0 Å². The van der Waals surface area contributed by atoms with E-state index in [-0.39, 0.29) is 11.8 Å². The SMILES string of the molecule is CC1CCN(CCCCNC(=O)C2CCN(c3ccc(C=O)cc3)CC2)CC1. The van der Waals surface area contributed by atoms with E-state index in [1.165, 1.54) is 38.9 Å². The van der Waals surface area contributed by atoms with Gasteiger partial charge in [0.05, 0.1) is 0 Å². The van der Waals surface area contributed by atoms with Gasteiger partial charge < -0.3 is 15.1 Å². The van der Waals surface area contributed by atoms with Gasteiger partial charge in [-0.25, -0.2) is 0 Å². The molecule has 3 rings (SSSR count). The zero-order valence-electron chi connectivity index (χ0n) is 17.2. The normalized spacial score (nSPS) is 19.5. The highest BCUT2D eigenvalue weighted by Gasteiger charge is 2.24. The number of amides is 1. The van der Waals surface area contributed by atoms with E-state index in [1.807, 2.05) is 24.3 Å². The zero-order valence-corrected chi connectivity index (χ0v) is 17.2. The van der Waals surface area contributed by atoms with Crippen molar-refractivity contribution < 1.29 is 9.59 Å². The van der Waals surface area contributed by atoms with Crippen LogP contribution in [-0.2, 0) is 4.79 Å². The molecule has 2 aliphatic heterocycles. The van der Waals surface area contributed by atoms with Crippen molar-refractivity contribution in [2.75, 3.05) is 44.2 Å². The molecule has 2 fully saturated rings. The minimum atomic E-state index is 0.133. The molecule has 1 aromatic rings. The van der Waals surface area contributed by atoms with Gasteiger partial charge in [0.1, 0.15) is 6.29 Å². The Morgan fingerprint density at radius 2 is 1.71 bits per heavy atom. The molecule has 0 aliphatic carbocycles. The summed E-state index contributed by atoms with van der Waals surface area (Å²) in [6.07, 6.45) is 7.56. The van der Waals surface area contributed by atoms with Crippen molar-refractivity contribution in [3.8, 4) is 0 Å². The van der Waals surface area contributed by atoms with Crippen molar-refractivity contribution in [2.45, 2.75) is 45.4 Å². The zero-order chi connectivity index (χ0) is 19.8. The van der Waals surface area contributed by atoms with Gasteiger partial charge in [-0.2, -0.15) is 0 Å². The Hall–Kier alpha value is -1.88. The summed E-state index contributed by atoms with van der Waals surface area (Å²) in [5.41, 5.74) is 1.84. The number of piperidine rings is 2. The fourth-order valence-corrected chi connectivity index (χ4v) is 4.27.